The highest BCUT2D eigenvalue weighted by molar-refractivity contribution is 6.35. The Morgan fingerprint density at radius 3 is 2.24 bits per heavy atom. The third kappa shape index (κ3) is 5.18. The van der Waals surface area contributed by atoms with Crippen LogP contribution in [0.25, 0.3) is 22.3 Å². The van der Waals surface area contributed by atoms with E-state index >= 15 is 0 Å². The van der Waals surface area contributed by atoms with Gasteiger partial charge in [0.15, 0.2) is 11.9 Å². The highest BCUT2D eigenvalue weighted by atomic mass is 35.5. The molecule has 1 N–H and O–H groups in total. The van der Waals surface area contributed by atoms with Gasteiger partial charge in [0.25, 0.3) is 5.91 Å². The van der Waals surface area contributed by atoms with Gasteiger partial charge >= 0.3 is 0 Å². The Labute approximate surface area is 215 Å². The predicted molar refractivity (Wildman–Crippen MR) is 138 cm³/mol. The molecule has 4 aromatic rings. The molecule has 5 nitrogen and oxygen atoms in total. The van der Waals surface area contributed by atoms with Crippen molar-refractivity contribution in [2.75, 3.05) is 5.32 Å². The molecule has 3 aromatic carbocycles. The van der Waals surface area contributed by atoms with Gasteiger partial charge in [0.05, 0.1) is 5.39 Å². The molecule has 9 heteroatoms. The minimum atomic E-state index is -1.06. The Kier molecular flexibility index (Phi) is 7.10. The number of anilines is 1. The number of carbonyl (C=O) groups excluding carboxylic acids is 1. The van der Waals surface area contributed by atoms with Crippen LogP contribution in [-0.2, 0) is 4.79 Å². The van der Waals surface area contributed by atoms with Crippen molar-refractivity contribution in [3.63, 3.8) is 0 Å². The fourth-order valence-electron chi connectivity index (χ4n) is 3.30. The molecule has 0 aliphatic carbocycles. The van der Waals surface area contributed by atoms with Crippen LogP contribution in [-0.4, -0.2) is 12.0 Å². The second kappa shape index (κ2) is 9.88. The first-order chi connectivity index (χ1) is 16.1. The van der Waals surface area contributed by atoms with E-state index in [1.807, 2.05) is 6.92 Å². The molecule has 0 bridgehead atoms. The number of hydrogen-bond donors (Lipinski definition) is 1. The van der Waals surface area contributed by atoms with Crippen LogP contribution < -0.4 is 15.5 Å². The quantitative estimate of drug-likeness (QED) is 0.282. The van der Waals surface area contributed by atoms with Crippen molar-refractivity contribution in [3.05, 3.63) is 90.5 Å². The number of nitrogens with one attached hydrogen (secondary N) is 1. The molecule has 0 saturated heterocycles. The molecular weight excluding hydrogens is 520 g/mol. The van der Waals surface area contributed by atoms with E-state index in [1.54, 1.807) is 48.5 Å². The molecule has 1 aromatic heterocycles. The summed E-state index contributed by atoms with van der Waals surface area (Å²) < 4.78 is 11.9. The number of aryl methyl sites for hydroxylation is 1. The minimum Gasteiger partial charge on any atom is -0.473 e. The van der Waals surface area contributed by atoms with Gasteiger partial charge < -0.3 is 14.5 Å². The number of ether oxygens (including phenoxy) is 1. The van der Waals surface area contributed by atoms with Gasteiger partial charge in [-0.25, -0.2) is 0 Å². The van der Waals surface area contributed by atoms with Crippen molar-refractivity contribution >= 4 is 69.0 Å². The highest BCUT2D eigenvalue weighted by Crippen LogP contribution is 2.34. The van der Waals surface area contributed by atoms with Gasteiger partial charge in [-0.1, -0.05) is 46.4 Å². The van der Waals surface area contributed by atoms with E-state index in [2.05, 4.69) is 5.32 Å². The Balaban J connectivity index is 1.76. The molecule has 34 heavy (non-hydrogen) atoms. The van der Waals surface area contributed by atoms with Crippen molar-refractivity contribution in [2.24, 2.45) is 0 Å². The van der Waals surface area contributed by atoms with Gasteiger partial charge in [0.2, 0.25) is 11.2 Å². The van der Waals surface area contributed by atoms with Crippen molar-refractivity contribution in [1.82, 2.24) is 0 Å². The zero-order valence-electron chi connectivity index (χ0n) is 17.9. The molecule has 0 saturated carbocycles. The maximum atomic E-state index is 13.4. The van der Waals surface area contributed by atoms with Crippen LogP contribution in [0, 0.1) is 6.92 Å². The van der Waals surface area contributed by atoms with E-state index in [0.29, 0.717) is 36.9 Å². The molecule has 1 unspecified atom stereocenters. The van der Waals surface area contributed by atoms with Crippen molar-refractivity contribution in [2.45, 2.75) is 20.0 Å². The topological polar surface area (TPSA) is 68.5 Å². The summed E-state index contributed by atoms with van der Waals surface area (Å²) in [4.78, 5) is 26.2. The standard InChI is InChI=1S/C25H17Cl4NO4/c1-12-7-21-19(11-20(12)29)22(31)24(23(34-21)14-3-5-15(26)6-4-14)33-13(2)25(32)30-18-9-16(27)8-17(28)10-18/h3-11,13H,1-2H3,(H,30,32). The fourth-order valence-corrected chi connectivity index (χ4v) is 4.11. The minimum absolute atomic E-state index is 0.124. The number of fused-ring (bicyclic) bond motifs is 1. The molecule has 1 heterocycles. The van der Waals surface area contributed by atoms with Gasteiger partial charge in [0.1, 0.15) is 5.58 Å². The van der Waals surface area contributed by atoms with Crippen molar-refractivity contribution < 1.29 is 13.9 Å². The smallest absolute Gasteiger partial charge is 0.265 e. The summed E-state index contributed by atoms with van der Waals surface area (Å²) >= 11 is 24.3. The SMILES string of the molecule is Cc1cc2oc(-c3ccc(Cl)cc3)c(OC(C)C(=O)Nc3cc(Cl)cc(Cl)c3)c(=O)c2cc1Cl. The molecular formula is C25H17Cl4NO4. The summed E-state index contributed by atoms with van der Waals surface area (Å²) in [6.07, 6.45) is -1.06. The Morgan fingerprint density at radius 2 is 1.59 bits per heavy atom. The van der Waals surface area contributed by atoms with Crippen LogP contribution in [0.2, 0.25) is 20.1 Å². The zero-order chi connectivity index (χ0) is 24.6. The number of halogens is 4. The average Bonchev–Trinajstić information content (AvgIpc) is 2.77. The lowest BCUT2D eigenvalue weighted by Crippen LogP contribution is -2.31. The molecule has 0 spiro atoms. The Morgan fingerprint density at radius 1 is 0.941 bits per heavy atom. The molecule has 0 aliphatic rings. The number of hydrogen-bond acceptors (Lipinski definition) is 4. The molecule has 1 amide bonds. The molecule has 0 radical (unpaired) electrons. The normalized spacial score (nSPS) is 11.9. The van der Waals surface area contributed by atoms with Crippen LogP contribution >= 0.6 is 46.4 Å². The summed E-state index contributed by atoms with van der Waals surface area (Å²) in [7, 11) is 0. The number of rotatable bonds is 5. The molecule has 0 aliphatic heterocycles. The highest BCUT2D eigenvalue weighted by Gasteiger charge is 2.24. The monoisotopic (exact) mass is 535 g/mol. The lowest BCUT2D eigenvalue weighted by Gasteiger charge is -2.17. The van der Waals surface area contributed by atoms with Crippen LogP contribution in [0.4, 0.5) is 5.69 Å². The second-order valence-electron chi connectivity index (χ2n) is 7.60. The van der Waals surface area contributed by atoms with E-state index in [1.165, 1.54) is 13.0 Å². The van der Waals surface area contributed by atoms with Gasteiger partial charge in [-0.2, -0.15) is 0 Å². The van der Waals surface area contributed by atoms with Crippen molar-refractivity contribution in [3.8, 4) is 17.1 Å². The first-order valence-corrected chi connectivity index (χ1v) is 11.6. The summed E-state index contributed by atoms with van der Waals surface area (Å²) in [6, 6.07) is 14.6. The van der Waals surface area contributed by atoms with Crippen LogP contribution in [0.3, 0.4) is 0 Å². The molecule has 4 rings (SSSR count). The van der Waals surface area contributed by atoms with Gasteiger partial charge in [-0.15, -0.1) is 0 Å². The summed E-state index contributed by atoms with van der Waals surface area (Å²) in [5, 5.41) is 4.57. The third-order valence-electron chi connectivity index (χ3n) is 5.03. The summed E-state index contributed by atoms with van der Waals surface area (Å²) in [6.45, 7) is 3.32. The van der Waals surface area contributed by atoms with Crippen molar-refractivity contribution in [1.29, 1.82) is 0 Å². The van der Waals surface area contributed by atoms with Crippen LogP contribution in [0.15, 0.2) is 63.8 Å². The van der Waals surface area contributed by atoms with Crippen LogP contribution in [0.5, 0.6) is 5.75 Å². The first kappa shape index (κ1) is 24.4. The zero-order valence-corrected chi connectivity index (χ0v) is 20.9. The van der Waals surface area contributed by atoms with E-state index < -0.39 is 17.4 Å². The predicted octanol–water partition coefficient (Wildman–Crippen LogP) is 7.79. The van der Waals surface area contributed by atoms with Gasteiger partial charge in [-0.3, -0.25) is 9.59 Å². The van der Waals surface area contributed by atoms with E-state index in [4.69, 9.17) is 55.6 Å². The van der Waals surface area contributed by atoms with E-state index in [-0.39, 0.29) is 16.9 Å². The Bertz CT molecular complexity index is 1440. The number of benzene rings is 3. The van der Waals surface area contributed by atoms with Gasteiger partial charge in [-0.05, 0) is 74.0 Å². The maximum Gasteiger partial charge on any atom is 0.265 e. The third-order valence-corrected chi connectivity index (χ3v) is 6.13. The summed E-state index contributed by atoms with van der Waals surface area (Å²) in [5.74, 6) is -0.468. The fraction of sp³-hybridized carbons (Fsp3) is 0.120. The number of carbonyl (C=O) groups is 1. The second-order valence-corrected chi connectivity index (χ2v) is 9.32. The van der Waals surface area contributed by atoms with E-state index in [0.717, 1.165) is 5.56 Å². The largest absolute Gasteiger partial charge is 0.473 e. The number of amides is 1. The average molecular weight is 537 g/mol. The molecule has 0 fully saturated rings. The lowest BCUT2D eigenvalue weighted by molar-refractivity contribution is -0.122. The maximum absolute atomic E-state index is 13.4. The lowest BCUT2D eigenvalue weighted by atomic mass is 10.1. The van der Waals surface area contributed by atoms with E-state index in [9.17, 15) is 9.59 Å². The molecule has 1 atom stereocenters. The first-order valence-electron chi connectivity index (χ1n) is 10.1. The van der Waals surface area contributed by atoms with Gasteiger partial charge in [0, 0.05) is 31.3 Å². The molecule has 174 valence electrons. The Hall–Kier alpha value is -2.70. The van der Waals surface area contributed by atoms with Crippen LogP contribution in [0.1, 0.15) is 12.5 Å². The summed E-state index contributed by atoms with van der Waals surface area (Å²) in [5.41, 5.74) is 1.58.